The molecule has 0 bridgehead atoms. The average molecular weight is 282 g/mol. The molecule has 0 aliphatic rings. The number of nitrogens with one attached hydrogen (secondary N) is 1. The average Bonchev–Trinajstić information content (AvgIpc) is 2.94. The van der Waals surface area contributed by atoms with Crippen LogP contribution in [0, 0.1) is 5.92 Å². The Morgan fingerprint density at radius 2 is 2.06 bits per heavy atom. The zero-order valence-corrected chi connectivity index (χ0v) is 12.6. The van der Waals surface area contributed by atoms with Crippen molar-refractivity contribution in [3.63, 3.8) is 0 Å². The van der Waals surface area contributed by atoms with E-state index in [1.807, 2.05) is 6.20 Å². The first-order valence-corrected chi connectivity index (χ1v) is 7.80. The van der Waals surface area contributed by atoms with E-state index in [-0.39, 0.29) is 0 Å². The Labute approximate surface area is 116 Å². The Bertz CT molecular complexity index is 490. The first-order valence-electron chi connectivity index (χ1n) is 6.17. The van der Waals surface area contributed by atoms with Gasteiger partial charge in [0.05, 0.1) is 11.6 Å². The third-order valence-electron chi connectivity index (χ3n) is 2.37. The summed E-state index contributed by atoms with van der Waals surface area (Å²) in [6.45, 7) is 7.29. The molecule has 98 valence electrons. The van der Waals surface area contributed by atoms with E-state index in [1.54, 1.807) is 22.7 Å². The second-order valence-corrected chi connectivity index (χ2v) is 6.79. The molecule has 0 saturated heterocycles. The van der Waals surface area contributed by atoms with Crippen molar-refractivity contribution in [2.75, 3.05) is 5.32 Å². The first-order chi connectivity index (χ1) is 8.67. The molecule has 0 fully saturated rings. The van der Waals surface area contributed by atoms with Crippen molar-refractivity contribution in [1.29, 1.82) is 0 Å². The Hall–Kier alpha value is -1.01. The van der Waals surface area contributed by atoms with Crippen LogP contribution in [0.1, 0.15) is 35.7 Å². The van der Waals surface area contributed by atoms with E-state index in [0.29, 0.717) is 5.92 Å². The van der Waals surface area contributed by atoms with Crippen molar-refractivity contribution in [1.82, 2.24) is 15.2 Å². The molecule has 0 amide bonds. The Kier molecular flexibility index (Phi) is 4.66. The Morgan fingerprint density at radius 3 is 2.72 bits per heavy atom. The zero-order valence-electron chi connectivity index (χ0n) is 10.9. The summed E-state index contributed by atoms with van der Waals surface area (Å²) in [5, 5.41) is 14.8. The SMILES string of the molecule is CCc1ncc(CNc2nnc(CC(C)C)s2)s1. The van der Waals surface area contributed by atoms with Crippen molar-refractivity contribution in [3.8, 4) is 0 Å². The van der Waals surface area contributed by atoms with Crippen LogP contribution in [-0.4, -0.2) is 15.2 Å². The van der Waals surface area contributed by atoms with Crippen molar-refractivity contribution in [2.45, 2.75) is 40.2 Å². The van der Waals surface area contributed by atoms with Gasteiger partial charge in [0.25, 0.3) is 0 Å². The molecule has 2 aromatic rings. The van der Waals surface area contributed by atoms with Crippen molar-refractivity contribution in [2.24, 2.45) is 5.92 Å². The van der Waals surface area contributed by atoms with Crippen LogP contribution < -0.4 is 5.32 Å². The summed E-state index contributed by atoms with van der Waals surface area (Å²) in [6.07, 6.45) is 3.94. The minimum absolute atomic E-state index is 0.624. The van der Waals surface area contributed by atoms with E-state index >= 15 is 0 Å². The van der Waals surface area contributed by atoms with E-state index < -0.39 is 0 Å². The lowest BCUT2D eigenvalue weighted by molar-refractivity contribution is 0.640. The summed E-state index contributed by atoms with van der Waals surface area (Å²) in [7, 11) is 0. The highest BCUT2D eigenvalue weighted by Gasteiger charge is 2.06. The van der Waals surface area contributed by atoms with Gasteiger partial charge in [-0.25, -0.2) is 4.98 Å². The summed E-state index contributed by atoms with van der Waals surface area (Å²) in [6, 6.07) is 0. The van der Waals surface area contributed by atoms with Crippen molar-refractivity contribution in [3.05, 3.63) is 21.1 Å². The predicted octanol–water partition coefficient (Wildman–Crippen LogP) is 3.37. The van der Waals surface area contributed by atoms with Crippen LogP contribution in [0.15, 0.2) is 6.20 Å². The van der Waals surface area contributed by atoms with Crippen LogP contribution in [0.3, 0.4) is 0 Å². The molecule has 0 radical (unpaired) electrons. The van der Waals surface area contributed by atoms with Gasteiger partial charge in [-0.3, -0.25) is 0 Å². The molecule has 0 saturated carbocycles. The van der Waals surface area contributed by atoms with Gasteiger partial charge in [0.1, 0.15) is 5.01 Å². The second kappa shape index (κ2) is 6.24. The Morgan fingerprint density at radius 1 is 1.22 bits per heavy atom. The molecular weight excluding hydrogens is 264 g/mol. The zero-order chi connectivity index (χ0) is 13.0. The third-order valence-corrected chi connectivity index (χ3v) is 4.41. The van der Waals surface area contributed by atoms with E-state index in [1.165, 1.54) is 9.88 Å². The van der Waals surface area contributed by atoms with E-state index in [0.717, 1.165) is 29.5 Å². The van der Waals surface area contributed by atoms with E-state index in [2.05, 4.69) is 41.3 Å². The smallest absolute Gasteiger partial charge is 0.205 e. The van der Waals surface area contributed by atoms with Gasteiger partial charge >= 0.3 is 0 Å². The highest BCUT2D eigenvalue weighted by atomic mass is 32.1. The molecular formula is C12H18N4S2. The molecule has 2 rings (SSSR count). The highest BCUT2D eigenvalue weighted by molar-refractivity contribution is 7.15. The lowest BCUT2D eigenvalue weighted by Gasteiger charge is -1.98. The quantitative estimate of drug-likeness (QED) is 0.882. The lowest BCUT2D eigenvalue weighted by Crippen LogP contribution is -1.96. The number of nitrogens with zero attached hydrogens (tertiary/aromatic N) is 3. The number of aromatic nitrogens is 3. The fourth-order valence-corrected chi connectivity index (χ4v) is 3.26. The van der Waals surface area contributed by atoms with Gasteiger partial charge in [0, 0.05) is 17.5 Å². The maximum Gasteiger partial charge on any atom is 0.205 e. The topological polar surface area (TPSA) is 50.7 Å². The number of anilines is 1. The molecule has 1 N–H and O–H groups in total. The van der Waals surface area contributed by atoms with Crippen LogP contribution in [0.25, 0.3) is 0 Å². The maximum absolute atomic E-state index is 4.34. The first kappa shape index (κ1) is 13.4. The summed E-state index contributed by atoms with van der Waals surface area (Å²) < 4.78 is 0. The molecule has 0 aliphatic carbocycles. The van der Waals surface area contributed by atoms with Crippen LogP contribution in [-0.2, 0) is 19.4 Å². The van der Waals surface area contributed by atoms with E-state index in [9.17, 15) is 0 Å². The standard InChI is InChI=1S/C12H18N4S2/c1-4-10-13-6-9(17-10)7-14-12-16-15-11(18-12)5-8(2)3/h6,8H,4-5,7H2,1-3H3,(H,14,16). The normalized spacial score (nSPS) is 11.1. The number of hydrogen-bond donors (Lipinski definition) is 1. The molecule has 0 unspecified atom stereocenters. The van der Waals surface area contributed by atoms with Gasteiger partial charge in [-0.1, -0.05) is 32.1 Å². The van der Waals surface area contributed by atoms with Gasteiger partial charge in [0.2, 0.25) is 5.13 Å². The predicted molar refractivity (Wildman–Crippen MR) is 77.3 cm³/mol. The van der Waals surface area contributed by atoms with Gasteiger partial charge in [-0.05, 0) is 12.3 Å². The molecule has 0 aliphatic heterocycles. The van der Waals surface area contributed by atoms with Gasteiger partial charge < -0.3 is 5.32 Å². The molecule has 6 heteroatoms. The van der Waals surface area contributed by atoms with Crippen LogP contribution in [0.2, 0.25) is 0 Å². The summed E-state index contributed by atoms with van der Waals surface area (Å²) in [5.41, 5.74) is 0. The molecule has 0 aromatic carbocycles. The summed E-state index contributed by atoms with van der Waals surface area (Å²) in [5.74, 6) is 0.624. The fraction of sp³-hybridized carbons (Fsp3) is 0.583. The monoisotopic (exact) mass is 282 g/mol. The van der Waals surface area contributed by atoms with Crippen LogP contribution in [0.5, 0.6) is 0 Å². The maximum atomic E-state index is 4.34. The number of hydrogen-bond acceptors (Lipinski definition) is 6. The molecule has 2 heterocycles. The molecule has 0 atom stereocenters. The fourth-order valence-electron chi connectivity index (χ4n) is 1.51. The third kappa shape index (κ3) is 3.74. The van der Waals surface area contributed by atoms with Crippen LogP contribution >= 0.6 is 22.7 Å². The molecule has 2 aromatic heterocycles. The molecule has 18 heavy (non-hydrogen) atoms. The summed E-state index contributed by atoms with van der Waals surface area (Å²) >= 11 is 3.40. The molecule has 0 spiro atoms. The number of aryl methyl sites for hydroxylation is 1. The number of thiazole rings is 1. The van der Waals surface area contributed by atoms with Crippen molar-refractivity contribution < 1.29 is 0 Å². The Balaban J connectivity index is 1.87. The summed E-state index contributed by atoms with van der Waals surface area (Å²) in [4.78, 5) is 5.58. The lowest BCUT2D eigenvalue weighted by atomic mass is 10.1. The molecule has 4 nitrogen and oxygen atoms in total. The minimum atomic E-state index is 0.624. The second-order valence-electron chi connectivity index (χ2n) is 4.53. The largest absolute Gasteiger partial charge is 0.355 e. The van der Waals surface area contributed by atoms with E-state index in [4.69, 9.17) is 0 Å². The van der Waals surface area contributed by atoms with Gasteiger partial charge in [-0.15, -0.1) is 21.5 Å². The highest BCUT2D eigenvalue weighted by Crippen LogP contribution is 2.20. The van der Waals surface area contributed by atoms with Gasteiger partial charge in [0.15, 0.2) is 0 Å². The van der Waals surface area contributed by atoms with Gasteiger partial charge in [-0.2, -0.15) is 0 Å². The number of rotatable bonds is 6. The van der Waals surface area contributed by atoms with Crippen molar-refractivity contribution >= 4 is 27.8 Å². The minimum Gasteiger partial charge on any atom is -0.355 e. The van der Waals surface area contributed by atoms with Crippen LogP contribution in [0.4, 0.5) is 5.13 Å².